The molecule has 170 valence electrons. The van der Waals surface area contributed by atoms with Crippen molar-refractivity contribution in [1.29, 1.82) is 0 Å². The summed E-state index contributed by atoms with van der Waals surface area (Å²) in [7, 11) is 0. The quantitative estimate of drug-likeness (QED) is 0.631. The first-order valence-electron chi connectivity index (χ1n) is 11.3. The van der Waals surface area contributed by atoms with Gasteiger partial charge in [0.25, 0.3) is 5.91 Å². The molecule has 1 saturated heterocycles. The average Bonchev–Trinajstić information content (AvgIpc) is 3.32. The van der Waals surface area contributed by atoms with Crippen molar-refractivity contribution in [2.45, 2.75) is 19.4 Å². The van der Waals surface area contributed by atoms with Gasteiger partial charge >= 0.3 is 0 Å². The molecule has 1 fully saturated rings. The van der Waals surface area contributed by atoms with Crippen molar-refractivity contribution in [3.8, 4) is 11.4 Å². The maximum atomic E-state index is 12.6. The summed E-state index contributed by atoms with van der Waals surface area (Å²) in [5.41, 5.74) is 4.08. The summed E-state index contributed by atoms with van der Waals surface area (Å²) in [4.78, 5) is 28.3. The number of carbonyl (C=O) groups is 2. The number of piperazine rings is 1. The van der Waals surface area contributed by atoms with E-state index >= 15 is 0 Å². The van der Waals surface area contributed by atoms with Gasteiger partial charge in [0.15, 0.2) is 6.61 Å². The number of ether oxygens (including phenoxy) is 1. The number of hydrogen-bond acceptors (Lipinski definition) is 5. The normalized spacial score (nSPS) is 16.2. The molecule has 1 aromatic heterocycles. The van der Waals surface area contributed by atoms with Gasteiger partial charge in [0, 0.05) is 56.6 Å². The predicted molar refractivity (Wildman–Crippen MR) is 124 cm³/mol. The molecule has 2 amide bonds. The van der Waals surface area contributed by atoms with Crippen LogP contribution in [0.2, 0.25) is 0 Å². The van der Waals surface area contributed by atoms with E-state index in [1.807, 2.05) is 58.2 Å². The molecule has 8 heteroatoms. The summed E-state index contributed by atoms with van der Waals surface area (Å²) in [6.07, 6.45) is 5.14. The highest BCUT2D eigenvalue weighted by Gasteiger charge is 2.22. The van der Waals surface area contributed by atoms with Gasteiger partial charge in [0.2, 0.25) is 5.91 Å². The predicted octanol–water partition coefficient (Wildman–Crippen LogP) is 2.48. The molecule has 2 aromatic carbocycles. The molecule has 0 spiro atoms. The molecule has 2 aliphatic rings. The van der Waals surface area contributed by atoms with Gasteiger partial charge in [0.1, 0.15) is 5.75 Å². The minimum absolute atomic E-state index is 0.00225. The van der Waals surface area contributed by atoms with E-state index in [1.165, 1.54) is 0 Å². The largest absolute Gasteiger partial charge is 0.484 e. The fourth-order valence-electron chi connectivity index (χ4n) is 4.26. The number of benzene rings is 2. The molecule has 0 saturated carbocycles. The number of rotatable bonds is 6. The lowest BCUT2D eigenvalue weighted by Crippen LogP contribution is -2.49. The van der Waals surface area contributed by atoms with Crippen LogP contribution in [-0.2, 0) is 22.6 Å². The smallest absolute Gasteiger partial charge is 0.260 e. The molecule has 0 bridgehead atoms. The fraction of sp³-hybridized carbons (Fsp3) is 0.320. The summed E-state index contributed by atoms with van der Waals surface area (Å²) in [5, 5.41) is 7.32. The zero-order valence-corrected chi connectivity index (χ0v) is 18.4. The first kappa shape index (κ1) is 21.2. The molecule has 0 atom stereocenters. The number of para-hydroxylation sites is 1. The lowest BCUT2D eigenvalue weighted by atomic mass is 10.0. The van der Waals surface area contributed by atoms with Crippen molar-refractivity contribution < 1.29 is 14.3 Å². The van der Waals surface area contributed by atoms with Crippen molar-refractivity contribution in [3.63, 3.8) is 0 Å². The van der Waals surface area contributed by atoms with Gasteiger partial charge in [-0.15, -0.1) is 0 Å². The van der Waals surface area contributed by atoms with E-state index < -0.39 is 0 Å². The maximum absolute atomic E-state index is 12.6. The van der Waals surface area contributed by atoms with Crippen LogP contribution in [-0.4, -0.2) is 64.2 Å². The monoisotopic (exact) mass is 445 g/mol. The van der Waals surface area contributed by atoms with Crippen LogP contribution < -0.4 is 10.1 Å². The number of amides is 2. The Kier molecular flexibility index (Phi) is 6.08. The Hall–Kier alpha value is -3.65. The lowest BCUT2D eigenvalue weighted by molar-refractivity contribution is -0.135. The van der Waals surface area contributed by atoms with Gasteiger partial charge in [0.05, 0.1) is 11.9 Å². The Morgan fingerprint density at radius 1 is 1.03 bits per heavy atom. The van der Waals surface area contributed by atoms with Crippen molar-refractivity contribution >= 4 is 17.5 Å². The number of nitrogens with one attached hydrogen (secondary N) is 1. The van der Waals surface area contributed by atoms with E-state index in [0.717, 1.165) is 42.1 Å². The molecule has 3 aromatic rings. The second-order valence-corrected chi connectivity index (χ2v) is 8.44. The Morgan fingerprint density at radius 3 is 2.67 bits per heavy atom. The highest BCUT2D eigenvalue weighted by molar-refractivity contribution is 5.94. The van der Waals surface area contributed by atoms with Crippen LogP contribution in [0.3, 0.4) is 0 Å². The maximum Gasteiger partial charge on any atom is 0.260 e. The van der Waals surface area contributed by atoms with E-state index in [2.05, 4.69) is 21.5 Å². The van der Waals surface area contributed by atoms with Gasteiger partial charge in [-0.05, 0) is 42.3 Å². The van der Waals surface area contributed by atoms with Crippen LogP contribution in [0.25, 0.3) is 5.69 Å². The standard InChI is InChI=1S/C25H27N5O3/c31-24-9-6-20-14-22(7-8-23(20)27-24)33-18-25(32)29-12-10-28(11-13-29)16-19-15-26-30(17-19)21-4-2-1-3-5-21/h1-5,7-8,14-15,17H,6,9-13,16,18H2,(H,27,31). The van der Waals surface area contributed by atoms with Crippen molar-refractivity contribution in [2.75, 3.05) is 38.1 Å². The van der Waals surface area contributed by atoms with E-state index in [9.17, 15) is 9.59 Å². The summed E-state index contributed by atoms with van der Waals surface area (Å²) in [6, 6.07) is 15.6. The van der Waals surface area contributed by atoms with Gasteiger partial charge < -0.3 is 15.0 Å². The molecule has 0 unspecified atom stereocenters. The molecular weight excluding hydrogens is 418 g/mol. The first-order chi connectivity index (χ1) is 16.1. The SMILES string of the molecule is O=C1CCc2cc(OCC(=O)N3CCN(Cc4cnn(-c5ccccc5)c4)CC3)ccc2N1. The second-order valence-electron chi connectivity index (χ2n) is 8.44. The van der Waals surface area contributed by atoms with E-state index in [-0.39, 0.29) is 18.4 Å². The van der Waals surface area contributed by atoms with Gasteiger partial charge in [-0.2, -0.15) is 5.10 Å². The molecule has 0 radical (unpaired) electrons. The van der Waals surface area contributed by atoms with Gasteiger partial charge in [-0.25, -0.2) is 4.68 Å². The van der Waals surface area contributed by atoms with Gasteiger partial charge in [-0.1, -0.05) is 18.2 Å². The molecule has 33 heavy (non-hydrogen) atoms. The van der Waals surface area contributed by atoms with Crippen LogP contribution in [0.15, 0.2) is 60.9 Å². The van der Waals surface area contributed by atoms with E-state index in [1.54, 1.807) is 6.07 Å². The first-order valence-corrected chi connectivity index (χ1v) is 11.3. The molecular formula is C25H27N5O3. The third-order valence-electron chi connectivity index (χ3n) is 6.12. The Bertz CT molecular complexity index is 1140. The lowest BCUT2D eigenvalue weighted by Gasteiger charge is -2.34. The van der Waals surface area contributed by atoms with Crippen LogP contribution in [0.4, 0.5) is 5.69 Å². The highest BCUT2D eigenvalue weighted by Crippen LogP contribution is 2.26. The summed E-state index contributed by atoms with van der Waals surface area (Å²) < 4.78 is 7.64. The number of fused-ring (bicyclic) bond motifs is 1. The molecule has 8 nitrogen and oxygen atoms in total. The third-order valence-corrected chi connectivity index (χ3v) is 6.12. The molecule has 3 heterocycles. The zero-order chi connectivity index (χ0) is 22.6. The van der Waals surface area contributed by atoms with Gasteiger partial charge in [-0.3, -0.25) is 14.5 Å². The van der Waals surface area contributed by atoms with Crippen molar-refractivity contribution in [1.82, 2.24) is 19.6 Å². The van der Waals surface area contributed by atoms with Crippen LogP contribution in [0.5, 0.6) is 5.75 Å². The second kappa shape index (κ2) is 9.46. The average molecular weight is 446 g/mol. The summed E-state index contributed by atoms with van der Waals surface area (Å²) in [6.45, 7) is 3.85. The zero-order valence-electron chi connectivity index (χ0n) is 18.4. The topological polar surface area (TPSA) is 79.7 Å². The molecule has 1 N–H and O–H groups in total. The van der Waals surface area contributed by atoms with E-state index in [0.29, 0.717) is 31.7 Å². The molecule has 0 aliphatic carbocycles. The molecule has 5 rings (SSSR count). The Morgan fingerprint density at radius 2 is 1.85 bits per heavy atom. The Balaban J connectivity index is 1.08. The van der Waals surface area contributed by atoms with Crippen LogP contribution >= 0.6 is 0 Å². The number of aromatic nitrogens is 2. The number of carbonyl (C=O) groups excluding carboxylic acids is 2. The summed E-state index contributed by atoms with van der Waals surface area (Å²) >= 11 is 0. The number of aryl methyl sites for hydroxylation is 1. The Labute approximate surface area is 192 Å². The number of hydrogen-bond donors (Lipinski definition) is 1. The van der Waals surface area contributed by atoms with Crippen LogP contribution in [0.1, 0.15) is 17.5 Å². The van der Waals surface area contributed by atoms with Crippen molar-refractivity contribution in [3.05, 3.63) is 72.1 Å². The molecule has 2 aliphatic heterocycles. The van der Waals surface area contributed by atoms with Crippen LogP contribution in [0, 0.1) is 0 Å². The third kappa shape index (κ3) is 5.06. The minimum Gasteiger partial charge on any atom is -0.484 e. The minimum atomic E-state index is -0.00225. The highest BCUT2D eigenvalue weighted by atomic mass is 16.5. The van der Waals surface area contributed by atoms with E-state index in [4.69, 9.17) is 4.74 Å². The van der Waals surface area contributed by atoms with Crippen molar-refractivity contribution in [2.24, 2.45) is 0 Å². The number of anilines is 1. The summed E-state index contributed by atoms with van der Waals surface area (Å²) in [5.74, 6) is 0.695. The number of nitrogens with zero attached hydrogens (tertiary/aromatic N) is 4. The fourth-order valence-corrected chi connectivity index (χ4v) is 4.26.